The van der Waals surface area contributed by atoms with Gasteiger partial charge in [0.15, 0.2) is 0 Å². The Hall–Kier alpha value is -2.29. The van der Waals surface area contributed by atoms with Gasteiger partial charge in [-0.1, -0.05) is 11.1 Å². The Balaban J connectivity index is 3.14. The highest BCUT2D eigenvalue weighted by atomic mass is 16.4. The lowest BCUT2D eigenvalue weighted by atomic mass is 9.96. The first kappa shape index (κ1) is 17.8. The molecule has 0 saturated carbocycles. The minimum Gasteiger partial charge on any atom is -0.507 e. The predicted molar refractivity (Wildman–Crippen MR) is 91.0 cm³/mol. The SMILES string of the molecule is C=C(C)CCc1cc(C=CC(=O)O)cc(CCC(=C)C)c1O. The Morgan fingerprint density at radius 2 is 1.55 bits per heavy atom. The maximum absolute atomic E-state index is 10.7. The van der Waals surface area contributed by atoms with Gasteiger partial charge in [0.05, 0.1) is 0 Å². The van der Waals surface area contributed by atoms with E-state index in [4.69, 9.17) is 5.11 Å². The van der Waals surface area contributed by atoms with Crippen LogP contribution in [0.3, 0.4) is 0 Å². The van der Waals surface area contributed by atoms with Gasteiger partial charge in [0, 0.05) is 6.08 Å². The van der Waals surface area contributed by atoms with E-state index in [1.165, 1.54) is 0 Å². The Labute approximate surface area is 132 Å². The zero-order valence-electron chi connectivity index (χ0n) is 13.4. The van der Waals surface area contributed by atoms with Gasteiger partial charge in [-0.15, -0.1) is 13.2 Å². The third kappa shape index (κ3) is 6.00. The zero-order chi connectivity index (χ0) is 16.7. The first-order valence-corrected chi connectivity index (χ1v) is 7.34. The van der Waals surface area contributed by atoms with Gasteiger partial charge < -0.3 is 10.2 Å². The Morgan fingerprint density at radius 1 is 1.09 bits per heavy atom. The summed E-state index contributed by atoms with van der Waals surface area (Å²) >= 11 is 0. The lowest BCUT2D eigenvalue weighted by Gasteiger charge is -2.12. The summed E-state index contributed by atoms with van der Waals surface area (Å²) in [4.78, 5) is 10.7. The molecule has 0 aromatic heterocycles. The van der Waals surface area contributed by atoms with Crippen LogP contribution >= 0.6 is 0 Å². The number of aliphatic carboxylic acids is 1. The van der Waals surface area contributed by atoms with Crippen LogP contribution in [0, 0.1) is 0 Å². The van der Waals surface area contributed by atoms with E-state index < -0.39 is 5.97 Å². The number of benzene rings is 1. The number of rotatable bonds is 8. The lowest BCUT2D eigenvalue weighted by Crippen LogP contribution is -1.96. The molecular weight excluding hydrogens is 276 g/mol. The Bertz CT molecular complexity index is 570. The number of aromatic hydroxyl groups is 1. The molecule has 0 bridgehead atoms. The monoisotopic (exact) mass is 300 g/mol. The molecule has 0 saturated heterocycles. The number of hydrogen-bond donors (Lipinski definition) is 2. The van der Waals surface area contributed by atoms with Crippen molar-refractivity contribution in [2.75, 3.05) is 0 Å². The fourth-order valence-corrected chi connectivity index (χ4v) is 2.13. The van der Waals surface area contributed by atoms with E-state index in [0.29, 0.717) is 18.6 Å². The molecule has 0 aliphatic heterocycles. The van der Waals surface area contributed by atoms with Crippen LogP contribution in [0.25, 0.3) is 6.08 Å². The molecule has 22 heavy (non-hydrogen) atoms. The van der Waals surface area contributed by atoms with E-state index in [1.807, 2.05) is 26.0 Å². The number of hydrogen-bond acceptors (Lipinski definition) is 2. The fourth-order valence-electron chi connectivity index (χ4n) is 2.13. The van der Waals surface area contributed by atoms with E-state index in [-0.39, 0.29) is 0 Å². The topological polar surface area (TPSA) is 57.5 Å². The number of phenols is 1. The van der Waals surface area contributed by atoms with Gasteiger partial charge in [-0.25, -0.2) is 4.79 Å². The molecular formula is C19H24O3. The van der Waals surface area contributed by atoms with E-state index in [1.54, 1.807) is 6.08 Å². The van der Waals surface area contributed by atoms with Crippen LogP contribution in [0.15, 0.2) is 42.5 Å². The van der Waals surface area contributed by atoms with Crippen molar-refractivity contribution in [3.05, 3.63) is 59.2 Å². The highest BCUT2D eigenvalue weighted by Crippen LogP contribution is 2.29. The second kappa shape index (κ2) is 8.23. The van der Waals surface area contributed by atoms with Gasteiger partial charge in [0.2, 0.25) is 0 Å². The summed E-state index contributed by atoms with van der Waals surface area (Å²) in [5.74, 6) is -0.685. The van der Waals surface area contributed by atoms with Crippen molar-refractivity contribution in [1.82, 2.24) is 0 Å². The van der Waals surface area contributed by atoms with Gasteiger partial charge in [-0.2, -0.15) is 0 Å². The minimum absolute atomic E-state index is 0.301. The van der Waals surface area contributed by atoms with Crippen molar-refractivity contribution < 1.29 is 15.0 Å². The van der Waals surface area contributed by atoms with Crippen LogP contribution < -0.4 is 0 Å². The summed E-state index contributed by atoms with van der Waals surface area (Å²) in [6, 6.07) is 3.67. The van der Waals surface area contributed by atoms with Gasteiger partial charge in [0.1, 0.15) is 5.75 Å². The second-order valence-corrected chi connectivity index (χ2v) is 5.77. The molecule has 0 amide bonds. The molecule has 0 fully saturated rings. The zero-order valence-corrected chi connectivity index (χ0v) is 13.4. The van der Waals surface area contributed by atoms with Crippen LogP contribution in [0.4, 0.5) is 0 Å². The molecule has 0 aliphatic carbocycles. The maximum atomic E-state index is 10.7. The molecule has 1 aromatic carbocycles. The standard InChI is InChI=1S/C19H24O3/c1-13(2)5-8-16-11-15(7-10-18(20)21)12-17(19(16)22)9-6-14(3)4/h7,10-12,22H,1,3,5-6,8-9H2,2,4H3,(H,20,21). The Kier molecular flexibility index (Phi) is 6.64. The summed E-state index contributed by atoms with van der Waals surface area (Å²) in [5.41, 5.74) is 4.54. The van der Waals surface area contributed by atoms with Crippen molar-refractivity contribution in [3.63, 3.8) is 0 Å². The van der Waals surface area contributed by atoms with E-state index >= 15 is 0 Å². The normalized spacial score (nSPS) is 10.8. The quantitative estimate of drug-likeness (QED) is 0.548. The van der Waals surface area contributed by atoms with Crippen molar-refractivity contribution in [3.8, 4) is 5.75 Å². The van der Waals surface area contributed by atoms with Gasteiger partial charge in [-0.05, 0) is 74.4 Å². The third-order valence-electron chi connectivity index (χ3n) is 3.35. The molecule has 0 heterocycles. The van der Waals surface area contributed by atoms with E-state index in [9.17, 15) is 9.90 Å². The number of carbonyl (C=O) groups is 1. The molecule has 0 unspecified atom stereocenters. The van der Waals surface area contributed by atoms with Crippen molar-refractivity contribution in [2.24, 2.45) is 0 Å². The average molecular weight is 300 g/mol. The van der Waals surface area contributed by atoms with Crippen LogP contribution in [0.1, 0.15) is 43.4 Å². The van der Waals surface area contributed by atoms with Crippen LogP contribution in [0.2, 0.25) is 0 Å². The fraction of sp³-hybridized carbons (Fsp3) is 0.316. The smallest absolute Gasteiger partial charge is 0.328 e. The van der Waals surface area contributed by atoms with Crippen LogP contribution in [0.5, 0.6) is 5.75 Å². The summed E-state index contributed by atoms with van der Waals surface area (Å²) in [6.45, 7) is 11.7. The molecule has 1 rings (SSSR count). The maximum Gasteiger partial charge on any atom is 0.328 e. The summed E-state index contributed by atoms with van der Waals surface area (Å²) in [5, 5.41) is 19.2. The molecule has 0 aliphatic rings. The average Bonchev–Trinajstić information content (AvgIpc) is 2.42. The molecule has 1 aromatic rings. The first-order valence-electron chi connectivity index (χ1n) is 7.34. The van der Waals surface area contributed by atoms with Crippen molar-refractivity contribution in [1.29, 1.82) is 0 Å². The predicted octanol–water partition coefficient (Wildman–Crippen LogP) is 4.51. The molecule has 118 valence electrons. The number of aryl methyl sites for hydroxylation is 2. The lowest BCUT2D eigenvalue weighted by molar-refractivity contribution is -0.131. The van der Waals surface area contributed by atoms with Crippen molar-refractivity contribution >= 4 is 12.0 Å². The number of carboxylic acid groups (broad SMARTS) is 1. The molecule has 0 spiro atoms. The van der Waals surface area contributed by atoms with Gasteiger partial charge in [-0.3, -0.25) is 0 Å². The highest BCUT2D eigenvalue weighted by Gasteiger charge is 2.10. The summed E-state index contributed by atoms with van der Waals surface area (Å²) in [6.07, 6.45) is 5.62. The third-order valence-corrected chi connectivity index (χ3v) is 3.35. The van der Waals surface area contributed by atoms with Crippen LogP contribution in [-0.2, 0) is 17.6 Å². The summed E-state index contributed by atoms with van der Waals surface area (Å²) in [7, 11) is 0. The van der Waals surface area contributed by atoms with E-state index in [2.05, 4.69) is 13.2 Å². The van der Waals surface area contributed by atoms with E-state index in [0.717, 1.165) is 46.8 Å². The largest absolute Gasteiger partial charge is 0.507 e. The molecule has 3 nitrogen and oxygen atoms in total. The molecule has 2 N–H and O–H groups in total. The molecule has 0 radical (unpaired) electrons. The summed E-state index contributed by atoms with van der Waals surface area (Å²) < 4.78 is 0. The Morgan fingerprint density at radius 3 is 1.91 bits per heavy atom. The molecule has 0 atom stereocenters. The van der Waals surface area contributed by atoms with Crippen molar-refractivity contribution in [2.45, 2.75) is 39.5 Å². The van der Waals surface area contributed by atoms with Gasteiger partial charge in [0.25, 0.3) is 0 Å². The minimum atomic E-state index is -0.986. The van der Waals surface area contributed by atoms with Gasteiger partial charge >= 0.3 is 5.97 Å². The number of allylic oxidation sites excluding steroid dienone is 2. The number of carboxylic acids is 1. The second-order valence-electron chi connectivity index (χ2n) is 5.77. The first-order chi connectivity index (χ1) is 10.3. The molecule has 3 heteroatoms. The van der Waals surface area contributed by atoms with Crippen LogP contribution in [-0.4, -0.2) is 16.2 Å². The number of phenolic OH excluding ortho intramolecular Hbond substituents is 1. The highest BCUT2D eigenvalue weighted by molar-refractivity contribution is 5.85.